The minimum Gasteiger partial charge on any atom is -0.368 e. The summed E-state index contributed by atoms with van der Waals surface area (Å²) in [5, 5.41) is 3.71. The van der Waals surface area contributed by atoms with E-state index in [1.54, 1.807) is 0 Å². The highest BCUT2D eigenvalue weighted by Crippen LogP contribution is 2.18. The lowest BCUT2D eigenvalue weighted by atomic mass is 10.0. The maximum atomic E-state index is 12.2. The number of para-hydroxylation sites is 1. The largest absolute Gasteiger partial charge is 0.368 e. The van der Waals surface area contributed by atoms with E-state index in [1.807, 2.05) is 44.3 Å². The Bertz CT molecular complexity index is 693. The predicted octanol–water partition coefficient (Wildman–Crippen LogP) is 1.05. The van der Waals surface area contributed by atoms with Crippen molar-refractivity contribution in [1.82, 2.24) is 10.3 Å². The molecule has 0 radical (unpaired) electrons. The summed E-state index contributed by atoms with van der Waals surface area (Å²) >= 11 is 0. The number of nitrogens with two attached hydrogens (primary N) is 2. The summed E-state index contributed by atoms with van der Waals surface area (Å²) in [6, 6.07) is 6.42. The summed E-state index contributed by atoms with van der Waals surface area (Å²) in [6.07, 6.45) is 2.75. The number of amides is 2. The van der Waals surface area contributed by atoms with Gasteiger partial charge in [-0.1, -0.05) is 32.0 Å². The van der Waals surface area contributed by atoms with E-state index in [1.165, 1.54) is 0 Å². The Labute approximate surface area is 135 Å². The first-order chi connectivity index (χ1) is 10.9. The summed E-state index contributed by atoms with van der Waals surface area (Å²) < 4.78 is 0. The molecule has 6 heteroatoms. The highest BCUT2D eigenvalue weighted by Gasteiger charge is 2.23. The molecular formula is C17H24N4O2. The standard InChI is InChI=1S/C17H24N4O2/c1-10(2)7-15(16(19)22)21-17(23)13(18)8-11-9-20-14-6-4-3-5-12(11)14/h3-6,9-10,13,15,20H,7-8,18H2,1-2H3,(H2,19,22)(H,21,23)/t13-,15+/m1/s1. The molecule has 0 aliphatic carbocycles. The first-order valence-corrected chi connectivity index (χ1v) is 7.78. The fourth-order valence-electron chi connectivity index (χ4n) is 2.63. The van der Waals surface area contributed by atoms with Gasteiger partial charge in [-0.05, 0) is 30.4 Å². The number of H-pyrrole nitrogens is 1. The summed E-state index contributed by atoms with van der Waals surface area (Å²) in [5.74, 6) is -0.649. The van der Waals surface area contributed by atoms with Gasteiger partial charge in [0, 0.05) is 17.1 Å². The number of rotatable bonds is 7. The van der Waals surface area contributed by atoms with Crippen LogP contribution in [-0.2, 0) is 16.0 Å². The van der Waals surface area contributed by atoms with E-state index in [2.05, 4.69) is 10.3 Å². The Morgan fingerprint density at radius 1 is 1.26 bits per heavy atom. The van der Waals surface area contributed by atoms with Crippen LogP contribution in [-0.4, -0.2) is 28.9 Å². The number of aromatic amines is 1. The zero-order valence-electron chi connectivity index (χ0n) is 13.5. The number of aromatic nitrogens is 1. The number of hydrogen-bond acceptors (Lipinski definition) is 3. The van der Waals surface area contributed by atoms with Gasteiger partial charge in [-0.25, -0.2) is 0 Å². The van der Waals surface area contributed by atoms with Crippen LogP contribution < -0.4 is 16.8 Å². The molecule has 0 spiro atoms. The van der Waals surface area contributed by atoms with Gasteiger partial charge in [0.15, 0.2) is 0 Å². The van der Waals surface area contributed by atoms with Crippen molar-refractivity contribution < 1.29 is 9.59 Å². The summed E-state index contributed by atoms with van der Waals surface area (Å²) in [7, 11) is 0. The molecule has 0 unspecified atom stereocenters. The molecule has 0 aliphatic heterocycles. The lowest BCUT2D eigenvalue weighted by molar-refractivity contribution is -0.128. The van der Waals surface area contributed by atoms with Crippen LogP contribution in [0.3, 0.4) is 0 Å². The van der Waals surface area contributed by atoms with Gasteiger partial charge in [0.2, 0.25) is 11.8 Å². The van der Waals surface area contributed by atoms with Crippen LogP contribution in [0.25, 0.3) is 10.9 Å². The average Bonchev–Trinajstić information content (AvgIpc) is 2.89. The molecule has 0 saturated carbocycles. The lowest BCUT2D eigenvalue weighted by Gasteiger charge is -2.20. The second-order valence-electron chi connectivity index (χ2n) is 6.26. The van der Waals surface area contributed by atoms with Crippen LogP contribution in [0.15, 0.2) is 30.5 Å². The van der Waals surface area contributed by atoms with Gasteiger partial charge in [-0.15, -0.1) is 0 Å². The van der Waals surface area contributed by atoms with E-state index >= 15 is 0 Å². The van der Waals surface area contributed by atoms with Crippen LogP contribution in [0.4, 0.5) is 0 Å². The minimum atomic E-state index is -0.733. The quantitative estimate of drug-likeness (QED) is 0.612. The number of carbonyl (C=O) groups is 2. The minimum absolute atomic E-state index is 0.248. The van der Waals surface area contributed by atoms with Gasteiger partial charge in [-0.2, -0.15) is 0 Å². The van der Waals surface area contributed by atoms with Crippen LogP contribution >= 0.6 is 0 Å². The molecule has 1 aromatic heterocycles. The van der Waals surface area contributed by atoms with Crippen molar-refractivity contribution in [3.63, 3.8) is 0 Å². The molecule has 2 amide bonds. The Morgan fingerprint density at radius 2 is 1.96 bits per heavy atom. The highest BCUT2D eigenvalue weighted by molar-refractivity contribution is 5.90. The van der Waals surface area contributed by atoms with Crippen molar-refractivity contribution in [2.75, 3.05) is 0 Å². The smallest absolute Gasteiger partial charge is 0.240 e. The normalized spacial score (nSPS) is 13.9. The first kappa shape index (κ1) is 17.0. The van der Waals surface area contributed by atoms with Gasteiger partial charge in [0.1, 0.15) is 6.04 Å². The van der Waals surface area contributed by atoms with Crippen molar-refractivity contribution >= 4 is 22.7 Å². The van der Waals surface area contributed by atoms with E-state index in [0.717, 1.165) is 16.5 Å². The third kappa shape index (κ3) is 4.32. The van der Waals surface area contributed by atoms with Crippen molar-refractivity contribution in [2.45, 2.75) is 38.8 Å². The van der Waals surface area contributed by atoms with Gasteiger partial charge < -0.3 is 21.8 Å². The number of nitrogens with one attached hydrogen (secondary N) is 2. The molecule has 124 valence electrons. The molecule has 6 N–H and O–H groups in total. The topological polar surface area (TPSA) is 114 Å². The van der Waals surface area contributed by atoms with Gasteiger partial charge in [-0.3, -0.25) is 9.59 Å². The molecule has 0 fully saturated rings. The fraction of sp³-hybridized carbons (Fsp3) is 0.412. The monoisotopic (exact) mass is 316 g/mol. The maximum Gasteiger partial charge on any atom is 0.240 e. The van der Waals surface area contributed by atoms with Crippen LogP contribution in [0.2, 0.25) is 0 Å². The summed E-state index contributed by atoms with van der Waals surface area (Å²) in [6.45, 7) is 3.93. The Balaban J connectivity index is 2.03. The Hall–Kier alpha value is -2.34. The number of carbonyl (C=O) groups excluding carboxylic acids is 2. The number of hydrogen-bond donors (Lipinski definition) is 4. The van der Waals surface area contributed by atoms with E-state index in [4.69, 9.17) is 11.5 Å². The van der Waals surface area contributed by atoms with Crippen molar-refractivity contribution in [2.24, 2.45) is 17.4 Å². The fourth-order valence-corrected chi connectivity index (χ4v) is 2.63. The highest BCUT2D eigenvalue weighted by atomic mass is 16.2. The second kappa shape index (κ2) is 7.28. The van der Waals surface area contributed by atoms with E-state index in [9.17, 15) is 9.59 Å². The molecule has 2 aromatic rings. The third-order valence-corrected chi connectivity index (χ3v) is 3.82. The Kier molecular flexibility index (Phi) is 5.39. The zero-order valence-corrected chi connectivity index (χ0v) is 13.5. The molecular weight excluding hydrogens is 292 g/mol. The first-order valence-electron chi connectivity index (χ1n) is 7.78. The summed E-state index contributed by atoms with van der Waals surface area (Å²) in [5.41, 5.74) is 13.3. The molecule has 0 aliphatic rings. The molecule has 6 nitrogen and oxygen atoms in total. The van der Waals surface area contributed by atoms with Crippen LogP contribution in [0.5, 0.6) is 0 Å². The molecule has 1 aromatic carbocycles. The third-order valence-electron chi connectivity index (χ3n) is 3.82. The summed E-state index contributed by atoms with van der Waals surface area (Å²) in [4.78, 5) is 26.9. The van der Waals surface area contributed by atoms with E-state index in [-0.39, 0.29) is 11.8 Å². The molecule has 0 saturated heterocycles. The van der Waals surface area contributed by atoms with Crippen LogP contribution in [0, 0.1) is 5.92 Å². The van der Waals surface area contributed by atoms with Crippen molar-refractivity contribution in [3.8, 4) is 0 Å². The lowest BCUT2D eigenvalue weighted by Crippen LogP contribution is -2.51. The molecule has 2 atom stereocenters. The van der Waals surface area contributed by atoms with Crippen molar-refractivity contribution in [1.29, 1.82) is 0 Å². The second-order valence-corrected chi connectivity index (χ2v) is 6.26. The van der Waals surface area contributed by atoms with Gasteiger partial charge >= 0.3 is 0 Å². The zero-order chi connectivity index (χ0) is 17.0. The molecule has 0 bridgehead atoms. The maximum absolute atomic E-state index is 12.2. The number of benzene rings is 1. The SMILES string of the molecule is CC(C)C[C@H](NC(=O)[C@H](N)Cc1c[nH]c2ccccc12)C(N)=O. The molecule has 23 heavy (non-hydrogen) atoms. The van der Waals surface area contributed by atoms with Gasteiger partial charge in [0.05, 0.1) is 6.04 Å². The molecule has 2 rings (SSSR count). The van der Waals surface area contributed by atoms with Gasteiger partial charge in [0.25, 0.3) is 0 Å². The molecule has 1 heterocycles. The average molecular weight is 316 g/mol. The Morgan fingerprint density at radius 3 is 2.61 bits per heavy atom. The van der Waals surface area contributed by atoms with E-state index in [0.29, 0.717) is 12.8 Å². The predicted molar refractivity (Wildman–Crippen MR) is 90.6 cm³/mol. The van der Waals surface area contributed by atoms with Crippen molar-refractivity contribution in [3.05, 3.63) is 36.0 Å². The van der Waals surface area contributed by atoms with E-state index < -0.39 is 18.0 Å². The number of fused-ring (bicyclic) bond motifs is 1. The number of primary amides is 1. The van der Waals surface area contributed by atoms with Crippen LogP contribution in [0.1, 0.15) is 25.8 Å².